The van der Waals surface area contributed by atoms with E-state index in [1.165, 1.54) is 0 Å². The first-order valence-corrected chi connectivity index (χ1v) is 14.2. The van der Waals surface area contributed by atoms with Gasteiger partial charge < -0.3 is 13.7 Å². The molecule has 1 aromatic heterocycles. The minimum absolute atomic E-state index is 0.0650. The van der Waals surface area contributed by atoms with Gasteiger partial charge in [0.25, 0.3) is 11.8 Å². The molecule has 3 aromatic rings. The summed E-state index contributed by atoms with van der Waals surface area (Å²) < 4.78 is 13.7. The van der Waals surface area contributed by atoms with E-state index in [9.17, 15) is 14.4 Å². The van der Waals surface area contributed by atoms with Crippen LogP contribution in [0.5, 0.6) is 5.75 Å². The lowest BCUT2D eigenvalue weighted by Crippen LogP contribution is -2.41. The molecule has 0 saturated carbocycles. The molecule has 2 heterocycles. The molecule has 1 aliphatic heterocycles. The Balaban J connectivity index is 1.89. The monoisotopic (exact) mass is 478 g/mol. The second-order valence-electron chi connectivity index (χ2n) is 10.0. The van der Waals surface area contributed by atoms with E-state index in [0.717, 1.165) is 6.29 Å². The smallest absolute Gasteiger partial charge is 0.259 e. The molecule has 0 aliphatic carbocycles. The van der Waals surface area contributed by atoms with Crippen molar-refractivity contribution in [2.24, 2.45) is 0 Å². The van der Waals surface area contributed by atoms with Gasteiger partial charge in [-0.3, -0.25) is 19.7 Å². The zero-order valence-electron chi connectivity index (χ0n) is 20.4. The number of hydrogen-bond donors (Lipinski definition) is 1. The number of amides is 2. The number of rotatable bonds is 7. The van der Waals surface area contributed by atoms with Crippen molar-refractivity contribution in [3.8, 4) is 16.9 Å². The van der Waals surface area contributed by atoms with Crippen molar-refractivity contribution in [1.82, 2.24) is 9.88 Å². The number of hydrogen-bond acceptors (Lipinski definition) is 5. The van der Waals surface area contributed by atoms with Crippen molar-refractivity contribution < 1.29 is 23.5 Å². The standard InChI is InChI=1S/C26H30N2O5Si/c1-26(2,3)34(5,6)33-12-11-28-16(15-29)13-19-20(28)14-18(17-9-7-8-10-21(17)32-4)22-23(19)25(31)27-24(22)30/h7-10,13-15H,11-12H2,1-6H3,(H,27,30,31). The van der Waals surface area contributed by atoms with Crippen molar-refractivity contribution in [2.45, 2.75) is 45.4 Å². The third-order valence-electron chi connectivity index (χ3n) is 7.02. The molecule has 4 rings (SSSR count). The summed E-state index contributed by atoms with van der Waals surface area (Å²) in [6.07, 6.45) is 0.774. The zero-order valence-corrected chi connectivity index (χ0v) is 21.4. The van der Waals surface area contributed by atoms with Crippen molar-refractivity contribution in [1.29, 1.82) is 0 Å². The van der Waals surface area contributed by atoms with E-state index in [1.54, 1.807) is 13.2 Å². The number of fused-ring (bicyclic) bond motifs is 3. The van der Waals surface area contributed by atoms with Gasteiger partial charge in [0.05, 0.1) is 36.1 Å². The Hall–Kier alpha value is -3.23. The third-order valence-corrected chi connectivity index (χ3v) is 11.6. The zero-order chi connectivity index (χ0) is 24.8. The van der Waals surface area contributed by atoms with E-state index in [0.29, 0.717) is 52.2 Å². The van der Waals surface area contributed by atoms with Gasteiger partial charge in [-0.25, -0.2) is 0 Å². The molecule has 34 heavy (non-hydrogen) atoms. The van der Waals surface area contributed by atoms with E-state index in [-0.39, 0.29) is 10.6 Å². The maximum Gasteiger partial charge on any atom is 0.259 e. The van der Waals surface area contributed by atoms with Crippen LogP contribution in [0.1, 0.15) is 52.0 Å². The van der Waals surface area contributed by atoms with E-state index < -0.39 is 20.1 Å². The number of nitrogens with zero attached hydrogens (tertiary/aromatic N) is 1. The largest absolute Gasteiger partial charge is 0.496 e. The summed E-state index contributed by atoms with van der Waals surface area (Å²) in [6.45, 7) is 11.8. The number of imide groups is 1. The van der Waals surface area contributed by atoms with E-state index >= 15 is 0 Å². The van der Waals surface area contributed by atoms with E-state index in [1.807, 2.05) is 34.9 Å². The van der Waals surface area contributed by atoms with Gasteiger partial charge in [0, 0.05) is 23.1 Å². The molecule has 0 unspecified atom stereocenters. The number of aromatic nitrogens is 1. The summed E-state index contributed by atoms with van der Waals surface area (Å²) >= 11 is 0. The van der Waals surface area contributed by atoms with Gasteiger partial charge in [0.2, 0.25) is 0 Å². The van der Waals surface area contributed by atoms with Gasteiger partial charge in [-0.15, -0.1) is 0 Å². The Morgan fingerprint density at radius 1 is 1.03 bits per heavy atom. The molecule has 2 aromatic carbocycles. The van der Waals surface area contributed by atoms with Crippen molar-refractivity contribution in [3.05, 3.63) is 53.2 Å². The van der Waals surface area contributed by atoms with Gasteiger partial charge >= 0.3 is 0 Å². The maximum atomic E-state index is 12.8. The molecule has 0 radical (unpaired) electrons. The highest BCUT2D eigenvalue weighted by Gasteiger charge is 2.37. The summed E-state index contributed by atoms with van der Waals surface area (Å²) in [5.74, 6) is -0.329. The molecule has 178 valence electrons. The lowest BCUT2D eigenvalue weighted by molar-refractivity contribution is 0.0879. The number of methoxy groups -OCH3 is 1. The first-order valence-electron chi connectivity index (χ1n) is 11.3. The van der Waals surface area contributed by atoms with Crippen molar-refractivity contribution >= 4 is 37.3 Å². The van der Waals surface area contributed by atoms with Crippen LogP contribution in [0.4, 0.5) is 0 Å². The topological polar surface area (TPSA) is 86.6 Å². The molecule has 0 bridgehead atoms. The molecule has 1 N–H and O–H groups in total. The van der Waals surface area contributed by atoms with Crippen LogP contribution >= 0.6 is 0 Å². The fourth-order valence-electron chi connectivity index (χ4n) is 4.15. The Labute approximate surface area is 200 Å². The predicted molar refractivity (Wildman–Crippen MR) is 134 cm³/mol. The van der Waals surface area contributed by atoms with Crippen LogP contribution in [0.3, 0.4) is 0 Å². The predicted octanol–water partition coefficient (Wildman–Crippen LogP) is 5.03. The van der Waals surface area contributed by atoms with Gasteiger partial charge in [0.15, 0.2) is 14.6 Å². The number of ether oxygens (including phenoxy) is 1. The van der Waals surface area contributed by atoms with Gasteiger partial charge in [-0.2, -0.15) is 0 Å². The quantitative estimate of drug-likeness (QED) is 0.292. The van der Waals surface area contributed by atoms with Crippen LogP contribution in [0.25, 0.3) is 22.0 Å². The van der Waals surface area contributed by atoms with Crippen LogP contribution in [0.15, 0.2) is 36.4 Å². The first-order chi connectivity index (χ1) is 16.0. The molecule has 1 aliphatic rings. The van der Waals surface area contributed by atoms with Gasteiger partial charge in [-0.1, -0.05) is 39.0 Å². The summed E-state index contributed by atoms with van der Waals surface area (Å²) in [4.78, 5) is 37.6. The Morgan fingerprint density at radius 2 is 1.71 bits per heavy atom. The number of aldehydes is 1. The molecule has 0 spiro atoms. The van der Waals surface area contributed by atoms with Crippen molar-refractivity contribution in [2.75, 3.05) is 13.7 Å². The molecule has 0 saturated heterocycles. The average Bonchev–Trinajstić information content (AvgIpc) is 3.28. The number of benzene rings is 2. The molecular weight excluding hydrogens is 448 g/mol. The number of carbonyl (C=O) groups excluding carboxylic acids is 3. The highest BCUT2D eigenvalue weighted by Crippen LogP contribution is 2.40. The minimum Gasteiger partial charge on any atom is -0.496 e. The molecule has 8 heteroatoms. The fraction of sp³-hybridized carbons (Fsp3) is 0.346. The average molecular weight is 479 g/mol. The highest BCUT2D eigenvalue weighted by atomic mass is 28.4. The highest BCUT2D eigenvalue weighted by molar-refractivity contribution is 6.74. The normalized spacial score (nSPS) is 13.8. The molecular formula is C26H30N2O5Si. The second-order valence-corrected chi connectivity index (χ2v) is 14.8. The number of para-hydroxylation sites is 1. The third kappa shape index (κ3) is 3.86. The Bertz CT molecular complexity index is 1320. The maximum absolute atomic E-state index is 12.8. The Kier molecular flexibility index (Phi) is 5.99. The first kappa shape index (κ1) is 23.9. The minimum atomic E-state index is -1.97. The van der Waals surface area contributed by atoms with Gasteiger partial charge in [0.1, 0.15) is 5.75 Å². The van der Waals surface area contributed by atoms with Crippen LogP contribution in [0, 0.1) is 0 Å². The summed E-state index contributed by atoms with van der Waals surface area (Å²) in [6, 6.07) is 10.9. The Morgan fingerprint density at radius 3 is 2.35 bits per heavy atom. The molecule has 2 amide bonds. The summed E-state index contributed by atoms with van der Waals surface area (Å²) in [5, 5.41) is 3.05. The van der Waals surface area contributed by atoms with Gasteiger partial charge in [-0.05, 0) is 36.3 Å². The number of carbonyl (C=O) groups is 3. The van der Waals surface area contributed by atoms with E-state index in [4.69, 9.17) is 9.16 Å². The van der Waals surface area contributed by atoms with Crippen LogP contribution < -0.4 is 10.1 Å². The lowest BCUT2D eigenvalue weighted by Gasteiger charge is -2.36. The van der Waals surface area contributed by atoms with Crippen LogP contribution in [-0.2, 0) is 11.0 Å². The summed E-state index contributed by atoms with van der Waals surface area (Å²) in [5.41, 5.74) is 3.01. The molecule has 0 fully saturated rings. The van der Waals surface area contributed by atoms with Crippen molar-refractivity contribution in [3.63, 3.8) is 0 Å². The van der Waals surface area contributed by atoms with Crippen LogP contribution in [0.2, 0.25) is 18.1 Å². The fourth-order valence-corrected chi connectivity index (χ4v) is 5.19. The molecule has 7 nitrogen and oxygen atoms in total. The van der Waals surface area contributed by atoms with Crippen LogP contribution in [-0.4, -0.2) is 44.7 Å². The number of nitrogens with one attached hydrogen (secondary N) is 1. The van der Waals surface area contributed by atoms with E-state index in [2.05, 4.69) is 39.2 Å². The lowest BCUT2D eigenvalue weighted by atomic mass is 9.93. The second kappa shape index (κ2) is 8.52. The molecule has 0 atom stereocenters. The SMILES string of the molecule is COc1ccccc1-c1cc2c(cc(C=O)n2CCO[Si](C)(C)C(C)(C)C)c2c1C(=O)NC2=O. The summed E-state index contributed by atoms with van der Waals surface area (Å²) in [7, 11) is -0.409.